The van der Waals surface area contributed by atoms with Crippen molar-refractivity contribution < 1.29 is 12.8 Å². The Morgan fingerprint density at radius 3 is 2.45 bits per heavy atom. The van der Waals surface area contributed by atoms with Crippen LogP contribution < -0.4 is 27.1 Å². The Morgan fingerprint density at radius 1 is 1.14 bits per heavy atom. The summed E-state index contributed by atoms with van der Waals surface area (Å²) in [5.41, 5.74) is 12.4. The Kier molecular flexibility index (Phi) is 3.87. The zero-order valence-corrected chi connectivity index (χ0v) is 12.0. The zero-order valence-electron chi connectivity index (χ0n) is 11.2. The number of nitrogens with one attached hydrogen (secondary N) is 4. The van der Waals surface area contributed by atoms with E-state index in [0.717, 1.165) is 0 Å². The molecule has 2 heterocycles. The fourth-order valence-corrected chi connectivity index (χ4v) is 3.08. The minimum absolute atomic E-state index is 0.0372. The van der Waals surface area contributed by atoms with Crippen molar-refractivity contribution in [3.8, 4) is 11.1 Å². The van der Waals surface area contributed by atoms with Crippen LogP contribution in [0.3, 0.4) is 0 Å². The first-order chi connectivity index (χ1) is 10.5. The van der Waals surface area contributed by atoms with Crippen LogP contribution in [0.1, 0.15) is 11.7 Å². The molecule has 0 saturated carbocycles. The lowest BCUT2D eigenvalue weighted by atomic mass is 9.99. The second-order valence-electron chi connectivity index (χ2n) is 4.60. The van der Waals surface area contributed by atoms with Crippen LogP contribution in [0.4, 0.5) is 4.39 Å². The van der Waals surface area contributed by atoms with Crippen LogP contribution in [-0.4, -0.2) is 13.4 Å². The molecule has 1 aliphatic heterocycles. The van der Waals surface area contributed by atoms with E-state index in [1.165, 1.54) is 24.4 Å². The van der Waals surface area contributed by atoms with Gasteiger partial charge in [-0.3, -0.25) is 0 Å². The van der Waals surface area contributed by atoms with Gasteiger partial charge in [0.2, 0.25) is 16.0 Å². The number of hydrazine groups is 3. The van der Waals surface area contributed by atoms with Crippen molar-refractivity contribution in [3.05, 3.63) is 48.0 Å². The van der Waals surface area contributed by atoms with E-state index >= 15 is 0 Å². The van der Waals surface area contributed by atoms with Gasteiger partial charge < -0.3 is 0 Å². The van der Waals surface area contributed by atoms with Gasteiger partial charge in [0, 0.05) is 17.3 Å². The van der Waals surface area contributed by atoms with Gasteiger partial charge in [-0.2, -0.15) is 15.5 Å². The minimum Gasteiger partial charge on any atom is -0.228 e. The van der Waals surface area contributed by atoms with Gasteiger partial charge in [0.05, 0.1) is 4.90 Å². The normalized spacial score (nSPS) is 16.1. The molecule has 2 aromatic rings. The Bertz CT molecular complexity index is 790. The first-order valence-electron chi connectivity index (χ1n) is 6.25. The molecule has 1 saturated heterocycles. The predicted molar refractivity (Wildman–Crippen MR) is 76.3 cm³/mol. The lowest BCUT2D eigenvalue weighted by Gasteiger charge is -2.18. The van der Waals surface area contributed by atoms with E-state index in [1.807, 2.05) is 0 Å². The summed E-state index contributed by atoms with van der Waals surface area (Å²) < 4.78 is 36.7. The van der Waals surface area contributed by atoms with Gasteiger partial charge in [0.15, 0.2) is 0 Å². The number of nitrogens with zero attached hydrogens (tertiary/aromatic N) is 1. The number of primary sulfonamides is 1. The topological polar surface area (TPSA) is 121 Å². The summed E-state index contributed by atoms with van der Waals surface area (Å²) in [6.45, 7) is 0. The quantitative estimate of drug-likeness (QED) is 0.489. The third-order valence-electron chi connectivity index (χ3n) is 3.20. The number of halogens is 1. The summed E-state index contributed by atoms with van der Waals surface area (Å²) >= 11 is 0. The average Bonchev–Trinajstić information content (AvgIpc) is 3.00. The molecule has 0 bridgehead atoms. The van der Waals surface area contributed by atoms with Crippen LogP contribution in [0, 0.1) is 5.95 Å². The second-order valence-corrected chi connectivity index (χ2v) is 6.13. The summed E-state index contributed by atoms with van der Waals surface area (Å²) in [4.78, 5) is 3.56. The van der Waals surface area contributed by atoms with Crippen LogP contribution in [0.2, 0.25) is 0 Å². The van der Waals surface area contributed by atoms with Crippen LogP contribution in [0.25, 0.3) is 11.1 Å². The molecular formula is C12H13FN6O2S. The molecule has 10 heteroatoms. The second kappa shape index (κ2) is 5.68. The van der Waals surface area contributed by atoms with Crippen molar-refractivity contribution in [3.63, 3.8) is 0 Å². The highest BCUT2D eigenvalue weighted by molar-refractivity contribution is 7.89. The van der Waals surface area contributed by atoms with Crippen LogP contribution in [0.5, 0.6) is 0 Å². The van der Waals surface area contributed by atoms with Crippen molar-refractivity contribution in [2.75, 3.05) is 0 Å². The molecule has 0 spiro atoms. The van der Waals surface area contributed by atoms with E-state index in [1.54, 1.807) is 12.1 Å². The molecule has 1 aromatic heterocycles. The Balaban J connectivity index is 2.23. The highest BCUT2D eigenvalue weighted by Crippen LogP contribution is 2.32. The zero-order chi connectivity index (χ0) is 15.7. The molecule has 116 valence electrons. The first-order valence-corrected chi connectivity index (χ1v) is 7.80. The molecule has 0 amide bonds. The van der Waals surface area contributed by atoms with Crippen LogP contribution >= 0.6 is 0 Å². The standard InChI is InChI=1S/C12H13FN6O2S/c13-10-5-4-7(6-15-10)8-2-1-3-9(22(14,20)21)11(8)12-16-18-19-17-12/h1-6,12,16-19H,(H2,14,20,21). The van der Waals surface area contributed by atoms with E-state index in [-0.39, 0.29) is 4.90 Å². The monoisotopic (exact) mass is 324 g/mol. The fraction of sp³-hybridized carbons (Fsp3) is 0.0833. The SMILES string of the molecule is NS(=O)(=O)c1cccc(-c2ccc(F)nc2)c1C1NNNN1. The number of aromatic nitrogens is 1. The number of hydrogen-bond donors (Lipinski definition) is 5. The van der Waals surface area contributed by atoms with Crippen LogP contribution in [-0.2, 0) is 10.0 Å². The summed E-state index contributed by atoms with van der Waals surface area (Å²) in [6.07, 6.45) is 0.770. The van der Waals surface area contributed by atoms with Crippen molar-refractivity contribution in [2.45, 2.75) is 11.1 Å². The predicted octanol–water partition coefficient (Wildman–Crippen LogP) is -0.349. The first kappa shape index (κ1) is 15.0. The maximum Gasteiger partial charge on any atom is 0.238 e. The highest BCUT2D eigenvalue weighted by Gasteiger charge is 2.26. The van der Waals surface area contributed by atoms with E-state index in [9.17, 15) is 12.8 Å². The Labute approximate surface area is 125 Å². The number of benzene rings is 1. The minimum atomic E-state index is -3.94. The molecule has 0 atom stereocenters. The molecule has 1 aromatic carbocycles. The van der Waals surface area contributed by atoms with Crippen LogP contribution in [0.15, 0.2) is 41.4 Å². The van der Waals surface area contributed by atoms with Gasteiger partial charge in [0.1, 0.15) is 6.17 Å². The molecule has 0 radical (unpaired) electrons. The van der Waals surface area contributed by atoms with Gasteiger partial charge >= 0.3 is 0 Å². The maximum atomic E-state index is 13.0. The number of nitrogens with two attached hydrogens (primary N) is 1. The summed E-state index contributed by atoms with van der Waals surface area (Å²) in [5, 5.41) is 5.30. The molecular weight excluding hydrogens is 311 g/mol. The summed E-state index contributed by atoms with van der Waals surface area (Å²) in [7, 11) is -3.94. The van der Waals surface area contributed by atoms with E-state index in [0.29, 0.717) is 16.7 Å². The number of pyridine rings is 1. The molecule has 8 nitrogen and oxygen atoms in total. The molecule has 22 heavy (non-hydrogen) atoms. The Hall–Kier alpha value is -1.95. The highest BCUT2D eigenvalue weighted by atomic mass is 32.2. The molecule has 1 fully saturated rings. The van der Waals surface area contributed by atoms with Crippen molar-refractivity contribution in [2.24, 2.45) is 5.14 Å². The number of sulfonamides is 1. The molecule has 6 N–H and O–H groups in total. The van der Waals surface area contributed by atoms with E-state index in [2.05, 4.69) is 26.9 Å². The maximum absolute atomic E-state index is 13.0. The fourth-order valence-electron chi connectivity index (χ4n) is 2.27. The molecule has 0 unspecified atom stereocenters. The van der Waals surface area contributed by atoms with Crippen molar-refractivity contribution in [1.29, 1.82) is 0 Å². The van der Waals surface area contributed by atoms with Gasteiger partial charge in [-0.15, -0.1) is 0 Å². The van der Waals surface area contributed by atoms with Crippen molar-refractivity contribution >= 4 is 10.0 Å². The lowest BCUT2D eigenvalue weighted by Crippen LogP contribution is -2.33. The third kappa shape index (κ3) is 2.83. The summed E-state index contributed by atoms with van der Waals surface area (Å²) in [5.74, 6) is -0.617. The Morgan fingerprint density at radius 2 is 1.86 bits per heavy atom. The van der Waals surface area contributed by atoms with Gasteiger partial charge in [-0.05, 0) is 23.8 Å². The lowest BCUT2D eigenvalue weighted by molar-refractivity contribution is 0.540. The van der Waals surface area contributed by atoms with E-state index < -0.39 is 22.1 Å². The molecule has 3 rings (SSSR count). The average molecular weight is 324 g/mol. The number of rotatable bonds is 3. The molecule has 0 aliphatic carbocycles. The number of hydrogen-bond acceptors (Lipinski definition) is 7. The molecule has 1 aliphatic rings. The largest absolute Gasteiger partial charge is 0.238 e. The van der Waals surface area contributed by atoms with Gasteiger partial charge in [-0.25, -0.2) is 29.4 Å². The summed E-state index contributed by atoms with van der Waals surface area (Å²) in [6, 6.07) is 7.41. The van der Waals surface area contributed by atoms with Crippen molar-refractivity contribution in [1.82, 2.24) is 26.9 Å². The van der Waals surface area contributed by atoms with Gasteiger partial charge in [-0.1, -0.05) is 12.1 Å². The van der Waals surface area contributed by atoms with Gasteiger partial charge in [0.25, 0.3) is 0 Å². The smallest absolute Gasteiger partial charge is 0.228 e. The third-order valence-corrected chi connectivity index (χ3v) is 4.16. The van der Waals surface area contributed by atoms with E-state index in [4.69, 9.17) is 5.14 Å².